The molecule has 0 aliphatic heterocycles. The van der Waals surface area contributed by atoms with Crippen LogP contribution in [0.15, 0.2) is 47.6 Å². The summed E-state index contributed by atoms with van der Waals surface area (Å²) in [6, 6.07) is 13.8. The van der Waals surface area contributed by atoms with Crippen LogP contribution in [0, 0.1) is 19.8 Å². The van der Waals surface area contributed by atoms with E-state index in [1.165, 1.54) is 11.8 Å². The van der Waals surface area contributed by atoms with E-state index in [2.05, 4.69) is 33.9 Å². The Morgan fingerprint density at radius 2 is 1.77 bits per heavy atom. The van der Waals surface area contributed by atoms with E-state index in [1.54, 1.807) is 7.11 Å². The number of anilines is 1. The highest BCUT2D eigenvalue weighted by Crippen LogP contribution is 2.27. The number of benzene rings is 2. The zero-order valence-corrected chi connectivity index (χ0v) is 18.9. The number of aryl methyl sites for hydroxylation is 2. The fraction of sp³-hybridized carbons (Fsp3) is 0.348. The highest BCUT2D eigenvalue weighted by molar-refractivity contribution is 7.99. The van der Waals surface area contributed by atoms with Crippen molar-refractivity contribution in [3.8, 4) is 17.1 Å². The molecule has 0 spiro atoms. The van der Waals surface area contributed by atoms with Gasteiger partial charge in [0.1, 0.15) is 5.75 Å². The summed E-state index contributed by atoms with van der Waals surface area (Å²) in [7, 11) is 1.65. The summed E-state index contributed by atoms with van der Waals surface area (Å²) < 4.78 is 7.33. The lowest BCUT2D eigenvalue weighted by Crippen LogP contribution is -2.16. The first-order valence-corrected chi connectivity index (χ1v) is 10.9. The van der Waals surface area contributed by atoms with Gasteiger partial charge < -0.3 is 14.6 Å². The van der Waals surface area contributed by atoms with Crippen LogP contribution in [0.5, 0.6) is 5.75 Å². The first-order valence-electron chi connectivity index (χ1n) is 9.95. The highest BCUT2D eigenvalue weighted by Gasteiger charge is 2.17. The van der Waals surface area contributed by atoms with E-state index < -0.39 is 0 Å². The molecule has 7 heteroatoms. The van der Waals surface area contributed by atoms with Gasteiger partial charge in [-0.1, -0.05) is 43.8 Å². The first-order chi connectivity index (χ1) is 14.4. The van der Waals surface area contributed by atoms with Gasteiger partial charge in [0.25, 0.3) is 0 Å². The third kappa shape index (κ3) is 5.21. The van der Waals surface area contributed by atoms with E-state index >= 15 is 0 Å². The molecule has 0 saturated carbocycles. The van der Waals surface area contributed by atoms with Crippen LogP contribution >= 0.6 is 11.8 Å². The third-order valence-corrected chi connectivity index (χ3v) is 5.66. The van der Waals surface area contributed by atoms with Crippen molar-refractivity contribution in [1.82, 2.24) is 14.8 Å². The maximum Gasteiger partial charge on any atom is 0.234 e. The molecule has 0 atom stereocenters. The number of aromatic nitrogens is 3. The van der Waals surface area contributed by atoms with Gasteiger partial charge in [-0.15, -0.1) is 10.2 Å². The molecule has 0 saturated heterocycles. The maximum absolute atomic E-state index is 12.6. The number of carbonyl (C=O) groups excluding carboxylic acids is 1. The number of para-hydroxylation sites is 1. The fourth-order valence-corrected chi connectivity index (χ4v) is 3.94. The van der Waals surface area contributed by atoms with Crippen LogP contribution in [0.2, 0.25) is 0 Å². The Labute approximate surface area is 182 Å². The molecule has 0 bridgehead atoms. The molecule has 1 N–H and O–H groups in total. The lowest BCUT2D eigenvalue weighted by molar-refractivity contribution is -0.113. The second-order valence-corrected chi connectivity index (χ2v) is 8.59. The van der Waals surface area contributed by atoms with E-state index in [9.17, 15) is 4.79 Å². The largest absolute Gasteiger partial charge is 0.497 e. The van der Waals surface area contributed by atoms with Gasteiger partial charge >= 0.3 is 0 Å². The number of ether oxygens (including phenoxy) is 1. The highest BCUT2D eigenvalue weighted by atomic mass is 32.2. The van der Waals surface area contributed by atoms with Crippen molar-refractivity contribution in [2.75, 3.05) is 18.2 Å². The molecule has 1 heterocycles. The van der Waals surface area contributed by atoms with Crippen LogP contribution < -0.4 is 10.1 Å². The molecule has 0 aliphatic carbocycles. The van der Waals surface area contributed by atoms with Gasteiger partial charge in [0, 0.05) is 17.8 Å². The van der Waals surface area contributed by atoms with Gasteiger partial charge in [-0.2, -0.15) is 0 Å². The number of methoxy groups -OCH3 is 1. The minimum atomic E-state index is -0.0532. The minimum Gasteiger partial charge on any atom is -0.497 e. The number of nitrogens with one attached hydrogen (secondary N) is 1. The third-order valence-electron chi connectivity index (χ3n) is 4.69. The van der Waals surface area contributed by atoms with Crippen LogP contribution in [-0.4, -0.2) is 33.5 Å². The number of nitrogens with zero attached hydrogens (tertiary/aromatic N) is 3. The van der Waals surface area contributed by atoms with Crippen molar-refractivity contribution in [2.24, 2.45) is 5.92 Å². The Balaban J connectivity index is 1.76. The molecular weight excluding hydrogens is 396 g/mol. The number of rotatable bonds is 8. The average Bonchev–Trinajstić information content (AvgIpc) is 3.11. The van der Waals surface area contributed by atoms with Crippen molar-refractivity contribution in [2.45, 2.75) is 39.4 Å². The van der Waals surface area contributed by atoms with Crippen molar-refractivity contribution in [1.29, 1.82) is 0 Å². The monoisotopic (exact) mass is 424 g/mol. The second-order valence-electron chi connectivity index (χ2n) is 7.64. The normalized spacial score (nSPS) is 11.0. The summed E-state index contributed by atoms with van der Waals surface area (Å²) in [6.45, 7) is 9.07. The lowest BCUT2D eigenvalue weighted by Gasteiger charge is -2.13. The van der Waals surface area contributed by atoms with E-state index in [-0.39, 0.29) is 11.7 Å². The molecule has 3 aromatic rings. The number of thioether (sulfide) groups is 1. The summed E-state index contributed by atoms with van der Waals surface area (Å²) in [5.74, 6) is 2.23. The van der Waals surface area contributed by atoms with Gasteiger partial charge in [-0.05, 0) is 55.2 Å². The SMILES string of the molecule is COc1ccc(-c2nnc(SCC(=O)Nc3c(C)cccc3C)n2CC(C)C)cc1. The Hall–Kier alpha value is -2.80. The molecule has 0 aliphatic rings. The molecule has 3 rings (SSSR count). The minimum absolute atomic E-state index is 0.0532. The first kappa shape index (κ1) is 21.9. The predicted molar refractivity (Wildman–Crippen MR) is 122 cm³/mol. The van der Waals surface area contributed by atoms with Gasteiger partial charge in [0.2, 0.25) is 5.91 Å². The Kier molecular flexibility index (Phi) is 7.15. The van der Waals surface area contributed by atoms with Crippen molar-refractivity contribution < 1.29 is 9.53 Å². The fourth-order valence-electron chi connectivity index (χ4n) is 3.20. The summed E-state index contributed by atoms with van der Waals surface area (Å²) in [6.07, 6.45) is 0. The number of amides is 1. The van der Waals surface area contributed by atoms with Crippen molar-refractivity contribution >= 4 is 23.4 Å². The Morgan fingerprint density at radius 1 is 1.10 bits per heavy atom. The summed E-state index contributed by atoms with van der Waals surface area (Å²) in [5, 5.41) is 12.5. The van der Waals surface area contributed by atoms with E-state index in [0.717, 1.165) is 45.7 Å². The van der Waals surface area contributed by atoms with Crippen LogP contribution in [0.1, 0.15) is 25.0 Å². The van der Waals surface area contributed by atoms with Crippen molar-refractivity contribution in [3.05, 3.63) is 53.6 Å². The Morgan fingerprint density at radius 3 is 2.37 bits per heavy atom. The average molecular weight is 425 g/mol. The number of hydrogen-bond acceptors (Lipinski definition) is 5. The van der Waals surface area contributed by atoms with Crippen LogP contribution in [0.25, 0.3) is 11.4 Å². The molecule has 0 radical (unpaired) electrons. The van der Waals surface area contributed by atoms with Crippen LogP contribution in [-0.2, 0) is 11.3 Å². The van der Waals surface area contributed by atoms with Crippen LogP contribution in [0.3, 0.4) is 0 Å². The smallest absolute Gasteiger partial charge is 0.234 e. The van der Waals surface area contributed by atoms with Gasteiger partial charge in [-0.25, -0.2) is 0 Å². The second kappa shape index (κ2) is 9.80. The summed E-state index contributed by atoms with van der Waals surface area (Å²) >= 11 is 1.40. The molecular formula is C23H28N4O2S. The quantitative estimate of drug-likeness (QED) is 0.518. The number of carbonyl (C=O) groups is 1. The molecule has 0 unspecified atom stereocenters. The van der Waals surface area contributed by atoms with E-state index in [4.69, 9.17) is 4.74 Å². The molecule has 158 valence electrons. The Bertz CT molecular complexity index is 992. The van der Waals surface area contributed by atoms with Crippen LogP contribution in [0.4, 0.5) is 5.69 Å². The van der Waals surface area contributed by atoms with Crippen molar-refractivity contribution in [3.63, 3.8) is 0 Å². The molecule has 1 aromatic heterocycles. The van der Waals surface area contributed by atoms with Gasteiger partial charge in [0.05, 0.1) is 12.9 Å². The zero-order chi connectivity index (χ0) is 21.7. The standard InChI is InChI=1S/C23H28N4O2S/c1-15(2)13-27-22(18-9-11-19(29-5)12-10-18)25-26-23(27)30-14-20(28)24-21-16(3)7-6-8-17(21)4/h6-12,15H,13-14H2,1-5H3,(H,24,28). The topological polar surface area (TPSA) is 69.0 Å². The van der Waals surface area contributed by atoms with Gasteiger partial charge in [0.15, 0.2) is 11.0 Å². The molecule has 6 nitrogen and oxygen atoms in total. The summed E-state index contributed by atoms with van der Waals surface area (Å²) in [4.78, 5) is 12.6. The lowest BCUT2D eigenvalue weighted by atomic mass is 10.1. The maximum atomic E-state index is 12.6. The zero-order valence-electron chi connectivity index (χ0n) is 18.1. The van der Waals surface area contributed by atoms with E-state index in [1.807, 2.05) is 56.3 Å². The predicted octanol–water partition coefficient (Wildman–Crippen LogP) is 4.96. The molecule has 0 fully saturated rings. The molecule has 2 aromatic carbocycles. The summed E-state index contributed by atoms with van der Waals surface area (Å²) in [5.41, 5.74) is 3.96. The molecule has 30 heavy (non-hydrogen) atoms. The number of hydrogen-bond donors (Lipinski definition) is 1. The van der Waals surface area contributed by atoms with E-state index in [0.29, 0.717) is 5.92 Å². The molecule has 1 amide bonds. The van der Waals surface area contributed by atoms with Gasteiger partial charge in [-0.3, -0.25) is 4.79 Å².